The van der Waals surface area contributed by atoms with Gasteiger partial charge in [-0.15, -0.1) is 0 Å². The molecule has 4 rings (SSSR count). The van der Waals surface area contributed by atoms with Crippen LogP contribution in [0.25, 0.3) is 6.08 Å². The number of rotatable bonds is 7. The number of nitriles is 2. The third-order valence-corrected chi connectivity index (χ3v) is 6.63. The second kappa shape index (κ2) is 9.00. The molecule has 33 heavy (non-hydrogen) atoms. The number of nitrogens with zero attached hydrogens (tertiary/aromatic N) is 3. The quantitative estimate of drug-likeness (QED) is 0.570. The van der Waals surface area contributed by atoms with Crippen LogP contribution in [-0.4, -0.2) is 31.6 Å². The molecular weight excluding hydrogens is 414 g/mol. The summed E-state index contributed by atoms with van der Waals surface area (Å²) in [6.45, 7) is 4.19. The number of benzene rings is 2. The van der Waals surface area contributed by atoms with Crippen molar-refractivity contribution in [2.24, 2.45) is 5.41 Å². The van der Waals surface area contributed by atoms with Gasteiger partial charge in [-0.25, -0.2) is 0 Å². The Labute approximate surface area is 194 Å². The molecule has 1 saturated heterocycles. The van der Waals surface area contributed by atoms with Crippen LogP contribution in [0.3, 0.4) is 0 Å². The van der Waals surface area contributed by atoms with E-state index in [9.17, 15) is 15.3 Å². The van der Waals surface area contributed by atoms with Crippen LogP contribution in [0, 0.1) is 28.1 Å². The highest BCUT2D eigenvalue weighted by atomic mass is 16.5. The lowest BCUT2D eigenvalue weighted by atomic mass is 9.69. The topological polar surface area (TPSA) is 86.4 Å². The second-order valence-corrected chi connectivity index (χ2v) is 8.51. The molecule has 0 bridgehead atoms. The molecule has 0 N–H and O–H groups in total. The van der Waals surface area contributed by atoms with Crippen LogP contribution in [0.5, 0.6) is 11.5 Å². The Morgan fingerprint density at radius 1 is 1.15 bits per heavy atom. The number of ether oxygens (including phenoxy) is 2. The van der Waals surface area contributed by atoms with E-state index < -0.39 is 23.4 Å². The number of carbonyl (C=O) groups excluding carboxylic acids is 1. The largest absolute Gasteiger partial charge is 0.493 e. The molecule has 2 heterocycles. The summed E-state index contributed by atoms with van der Waals surface area (Å²) in [4.78, 5) is 15.0. The lowest BCUT2D eigenvalue weighted by Gasteiger charge is -2.35. The number of anilines is 1. The maximum atomic E-state index is 13.1. The number of hydrogen-bond acceptors (Lipinski definition) is 6. The van der Waals surface area contributed by atoms with Gasteiger partial charge in [0.25, 0.3) is 0 Å². The van der Waals surface area contributed by atoms with Crippen LogP contribution >= 0.6 is 0 Å². The number of fused-ring (bicyclic) bond motifs is 3. The van der Waals surface area contributed by atoms with Crippen LogP contribution in [0.1, 0.15) is 43.7 Å². The first-order valence-electron chi connectivity index (χ1n) is 11.2. The monoisotopic (exact) mass is 441 g/mol. The molecular formula is C27H27N3O3. The highest BCUT2D eigenvalue weighted by molar-refractivity contribution is 5.91. The van der Waals surface area contributed by atoms with Gasteiger partial charge in [-0.1, -0.05) is 49.8 Å². The van der Waals surface area contributed by atoms with Gasteiger partial charge in [0.05, 0.1) is 37.9 Å². The zero-order valence-corrected chi connectivity index (χ0v) is 19.1. The van der Waals surface area contributed by atoms with Gasteiger partial charge in [0.1, 0.15) is 0 Å². The molecule has 2 aliphatic heterocycles. The normalized spacial score (nSPS) is 22.0. The van der Waals surface area contributed by atoms with E-state index in [1.165, 1.54) is 6.92 Å². The molecule has 3 atom stereocenters. The second-order valence-electron chi connectivity index (χ2n) is 8.51. The van der Waals surface area contributed by atoms with E-state index in [0.717, 1.165) is 24.1 Å². The average Bonchev–Trinajstić information content (AvgIpc) is 3.15. The van der Waals surface area contributed by atoms with E-state index in [-0.39, 0.29) is 5.78 Å². The number of methoxy groups -OCH3 is 1. The van der Waals surface area contributed by atoms with Crippen LogP contribution in [0.2, 0.25) is 0 Å². The third-order valence-electron chi connectivity index (χ3n) is 6.63. The van der Waals surface area contributed by atoms with Gasteiger partial charge in [0.2, 0.25) is 0 Å². The molecule has 2 aromatic carbocycles. The summed E-state index contributed by atoms with van der Waals surface area (Å²) < 4.78 is 11.4. The van der Waals surface area contributed by atoms with E-state index in [1.807, 2.05) is 53.5 Å². The highest BCUT2D eigenvalue weighted by Gasteiger charge is 2.62. The fourth-order valence-corrected chi connectivity index (χ4v) is 5.08. The maximum absolute atomic E-state index is 13.1. The molecule has 0 amide bonds. The Bertz CT molecular complexity index is 1160. The predicted molar refractivity (Wildman–Crippen MR) is 126 cm³/mol. The summed E-state index contributed by atoms with van der Waals surface area (Å²) in [6, 6.07) is 16.6. The van der Waals surface area contributed by atoms with E-state index in [4.69, 9.17) is 9.47 Å². The minimum Gasteiger partial charge on any atom is -0.493 e. The smallest absolute Gasteiger partial charge is 0.176 e. The first-order chi connectivity index (χ1) is 16.0. The van der Waals surface area contributed by atoms with Crippen LogP contribution < -0.4 is 14.4 Å². The molecule has 6 nitrogen and oxygen atoms in total. The zero-order chi connectivity index (χ0) is 23.6. The lowest BCUT2D eigenvalue weighted by Crippen LogP contribution is -2.43. The number of para-hydroxylation sites is 1. The number of unbranched alkanes of at least 4 members (excludes halogenated alkanes) is 1. The number of ketones is 1. The van der Waals surface area contributed by atoms with Crippen molar-refractivity contribution in [2.45, 2.75) is 44.7 Å². The molecule has 0 radical (unpaired) electrons. The molecule has 0 spiro atoms. The molecule has 0 aliphatic carbocycles. The Hall–Kier alpha value is -3.77. The van der Waals surface area contributed by atoms with Crippen LogP contribution in [0.15, 0.2) is 48.5 Å². The molecule has 2 aromatic rings. The summed E-state index contributed by atoms with van der Waals surface area (Å²) in [7, 11) is 1.56. The summed E-state index contributed by atoms with van der Waals surface area (Å²) in [5.74, 6) is 0.375. The minimum absolute atomic E-state index is 0.0929. The lowest BCUT2D eigenvalue weighted by molar-refractivity contribution is -0.118. The van der Waals surface area contributed by atoms with Gasteiger partial charge >= 0.3 is 0 Å². The van der Waals surface area contributed by atoms with Gasteiger partial charge < -0.3 is 14.4 Å². The van der Waals surface area contributed by atoms with Crippen molar-refractivity contribution < 1.29 is 14.3 Å². The Balaban J connectivity index is 1.87. The van der Waals surface area contributed by atoms with Crippen molar-refractivity contribution in [3.8, 4) is 23.6 Å². The molecule has 168 valence electrons. The fourth-order valence-electron chi connectivity index (χ4n) is 5.08. The third kappa shape index (κ3) is 3.52. The van der Waals surface area contributed by atoms with Crippen molar-refractivity contribution in [1.29, 1.82) is 10.5 Å². The van der Waals surface area contributed by atoms with Gasteiger partial charge in [-0.3, -0.25) is 4.79 Å². The van der Waals surface area contributed by atoms with Crippen LogP contribution in [-0.2, 0) is 4.79 Å². The molecule has 1 fully saturated rings. The van der Waals surface area contributed by atoms with Crippen LogP contribution in [0.4, 0.5) is 5.69 Å². The van der Waals surface area contributed by atoms with Gasteiger partial charge in [-0.05, 0) is 42.7 Å². The Morgan fingerprint density at radius 3 is 2.58 bits per heavy atom. The zero-order valence-electron chi connectivity index (χ0n) is 19.1. The van der Waals surface area contributed by atoms with Gasteiger partial charge in [-0.2, -0.15) is 10.5 Å². The van der Waals surface area contributed by atoms with Gasteiger partial charge in [0.15, 0.2) is 22.7 Å². The predicted octanol–water partition coefficient (Wildman–Crippen LogP) is 4.86. The highest BCUT2D eigenvalue weighted by Crippen LogP contribution is 2.55. The van der Waals surface area contributed by atoms with E-state index in [1.54, 1.807) is 13.2 Å². The Kier molecular flexibility index (Phi) is 6.11. The number of Topliss-reactive ketones (excluding diaryl/α,β-unsaturated/α-hetero) is 1. The first-order valence-corrected chi connectivity index (χ1v) is 11.2. The van der Waals surface area contributed by atoms with E-state index >= 15 is 0 Å². The van der Waals surface area contributed by atoms with Crippen molar-refractivity contribution in [2.75, 3.05) is 18.6 Å². The summed E-state index contributed by atoms with van der Waals surface area (Å²) in [6.07, 6.45) is 5.76. The molecule has 0 unspecified atom stereocenters. The first kappa shape index (κ1) is 22.4. The molecule has 2 aliphatic rings. The molecule has 0 saturated carbocycles. The van der Waals surface area contributed by atoms with Crippen molar-refractivity contribution in [3.05, 3.63) is 59.7 Å². The Morgan fingerprint density at radius 2 is 1.91 bits per heavy atom. The maximum Gasteiger partial charge on any atom is 0.176 e. The van der Waals surface area contributed by atoms with Crippen molar-refractivity contribution >= 4 is 17.5 Å². The summed E-state index contributed by atoms with van der Waals surface area (Å²) >= 11 is 0. The summed E-state index contributed by atoms with van der Waals surface area (Å²) in [5, 5.41) is 20.7. The average molecular weight is 442 g/mol. The van der Waals surface area contributed by atoms with Crippen molar-refractivity contribution in [3.63, 3.8) is 0 Å². The molecule has 0 aromatic heterocycles. The SMILES string of the molecule is CCCCOc1ccc([C@@H]2[C@@H](C(C)=O)N3c4ccccc4C=C[C@@H]3C2(C#N)C#N)cc1OC. The standard InChI is InChI=1S/C27H27N3O3/c1-4-5-14-33-22-12-10-20(15-23(22)32-3)25-26(18(2)31)30-21-9-7-6-8-19(21)11-13-24(30)27(25,16-28)17-29/h6-13,15,24-26H,4-5,14H2,1-3H3/t24-,25-,26-/m1/s1. The minimum atomic E-state index is -1.45. The number of hydrogen-bond donors (Lipinski definition) is 0. The molecule has 6 heteroatoms. The van der Waals surface area contributed by atoms with Crippen molar-refractivity contribution in [1.82, 2.24) is 0 Å². The summed E-state index contributed by atoms with van der Waals surface area (Å²) in [5.41, 5.74) is 1.07. The number of carbonyl (C=O) groups is 1. The van der Waals surface area contributed by atoms with E-state index in [2.05, 4.69) is 19.1 Å². The van der Waals surface area contributed by atoms with Gasteiger partial charge in [0, 0.05) is 11.6 Å². The van der Waals surface area contributed by atoms with E-state index in [0.29, 0.717) is 23.7 Å². The fraction of sp³-hybridized carbons (Fsp3) is 0.370.